The Balaban J connectivity index is 1.95. The van der Waals surface area contributed by atoms with Crippen LogP contribution in [0.1, 0.15) is 29.3 Å². The molecule has 2 aromatic rings. The first-order chi connectivity index (χ1) is 13.6. The number of benzene rings is 2. The molecule has 0 aromatic heterocycles. The molecule has 0 saturated carbocycles. The molecule has 0 spiro atoms. The first-order valence-corrected chi connectivity index (χ1v) is 8.34. The number of nitro groups is 1. The fraction of sp³-hybridized carbons (Fsp3) is 0.222. The van der Waals surface area contributed by atoms with Gasteiger partial charge in [-0.15, -0.1) is 0 Å². The zero-order chi connectivity index (χ0) is 21.6. The van der Waals surface area contributed by atoms with Gasteiger partial charge < -0.3 is 5.32 Å². The van der Waals surface area contributed by atoms with Crippen molar-refractivity contribution >= 4 is 23.2 Å². The van der Waals surface area contributed by atoms with E-state index in [1.807, 2.05) is 0 Å². The SMILES string of the molecule is C[C@@H](CC(=O)NNc1ccc(C(F)(F)F)cc1[N+](=O)[O-])NC(=O)c1ccccc1. The highest BCUT2D eigenvalue weighted by molar-refractivity contribution is 5.94. The zero-order valence-electron chi connectivity index (χ0n) is 15.1. The van der Waals surface area contributed by atoms with Crippen LogP contribution in [0.25, 0.3) is 0 Å². The maximum absolute atomic E-state index is 12.7. The summed E-state index contributed by atoms with van der Waals surface area (Å²) in [5.41, 5.74) is 2.50. The van der Waals surface area contributed by atoms with Gasteiger partial charge in [-0.1, -0.05) is 18.2 Å². The molecule has 0 aliphatic carbocycles. The van der Waals surface area contributed by atoms with Crippen molar-refractivity contribution in [3.63, 3.8) is 0 Å². The van der Waals surface area contributed by atoms with Gasteiger partial charge in [-0.05, 0) is 31.2 Å². The molecule has 154 valence electrons. The second kappa shape index (κ2) is 9.04. The van der Waals surface area contributed by atoms with Crippen molar-refractivity contribution < 1.29 is 27.7 Å². The maximum atomic E-state index is 12.7. The van der Waals surface area contributed by atoms with Gasteiger partial charge in [0.05, 0.1) is 10.5 Å². The maximum Gasteiger partial charge on any atom is 0.416 e. The number of nitro benzene ring substituents is 1. The van der Waals surface area contributed by atoms with Gasteiger partial charge in [0.2, 0.25) is 5.91 Å². The molecule has 2 rings (SSSR count). The van der Waals surface area contributed by atoms with Crippen LogP contribution >= 0.6 is 0 Å². The molecular formula is C18H17F3N4O4. The monoisotopic (exact) mass is 410 g/mol. The molecule has 3 N–H and O–H groups in total. The van der Waals surface area contributed by atoms with E-state index >= 15 is 0 Å². The Morgan fingerprint density at radius 2 is 1.79 bits per heavy atom. The van der Waals surface area contributed by atoms with Gasteiger partial charge in [0.15, 0.2) is 0 Å². The third kappa shape index (κ3) is 6.19. The molecule has 2 aromatic carbocycles. The van der Waals surface area contributed by atoms with E-state index in [1.165, 1.54) is 0 Å². The molecule has 0 fully saturated rings. The highest BCUT2D eigenvalue weighted by Crippen LogP contribution is 2.34. The summed E-state index contributed by atoms with van der Waals surface area (Å²) < 4.78 is 38.1. The van der Waals surface area contributed by atoms with Gasteiger partial charge in [0.1, 0.15) is 5.69 Å². The molecular weight excluding hydrogens is 393 g/mol. The van der Waals surface area contributed by atoms with Gasteiger partial charge in [-0.2, -0.15) is 13.2 Å². The lowest BCUT2D eigenvalue weighted by atomic mass is 10.1. The molecule has 0 aliphatic heterocycles. The molecule has 0 aliphatic rings. The molecule has 29 heavy (non-hydrogen) atoms. The number of rotatable bonds is 7. The van der Waals surface area contributed by atoms with Crippen molar-refractivity contribution in [2.45, 2.75) is 25.6 Å². The number of carbonyl (C=O) groups excluding carboxylic acids is 2. The fourth-order valence-corrected chi connectivity index (χ4v) is 2.38. The van der Waals surface area contributed by atoms with E-state index in [4.69, 9.17) is 0 Å². The van der Waals surface area contributed by atoms with Crippen LogP contribution in [-0.4, -0.2) is 22.8 Å². The number of halogens is 3. The van der Waals surface area contributed by atoms with Crippen molar-refractivity contribution in [3.05, 3.63) is 69.8 Å². The number of nitrogens with one attached hydrogen (secondary N) is 3. The third-order valence-electron chi connectivity index (χ3n) is 3.76. The van der Waals surface area contributed by atoms with E-state index in [0.29, 0.717) is 17.7 Å². The number of hydrogen-bond donors (Lipinski definition) is 3. The second-order valence-electron chi connectivity index (χ2n) is 6.10. The minimum atomic E-state index is -4.74. The minimum Gasteiger partial charge on any atom is -0.349 e. The molecule has 0 saturated heterocycles. The summed E-state index contributed by atoms with van der Waals surface area (Å²) in [6.07, 6.45) is -4.90. The van der Waals surface area contributed by atoms with Crippen molar-refractivity contribution in [1.29, 1.82) is 0 Å². The zero-order valence-corrected chi connectivity index (χ0v) is 15.1. The molecule has 8 nitrogen and oxygen atoms in total. The van der Waals surface area contributed by atoms with Crippen LogP contribution in [0, 0.1) is 10.1 Å². The van der Waals surface area contributed by atoms with Gasteiger partial charge in [-0.3, -0.25) is 30.6 Å². The van der Waals surface area contributed by atoms with Crippen LogP contribution < -0.4 is 16.2 Å². The molecule has 0 heterocycles. The third-order valence-corrected chi connectivity index (χ3v) is 3.76. The summed E-state index contributed by atoms with van der Waals surface area (Å²) in [4.78, 5) is 34.0. The van der Waals surface area contributed by atoms with E-state index < -0.39 is 34.3 Å². The summed E-state index contributed by atoms with van der Waals surface area (Å²) in [6, 6.07) is 9.65. The molecule has 0 unspecified atom stereocenters. The Hall–Kier alpha value is -3.63. The van der Waals surface area contributed by atoms with Crippen LogP contribution in [0.2, 0.25) is 0 Å². The fourth-order valence-electron chi connectivity index (χ4n) is 2.38. The predicted molar refractivity (Wildman–Crippen MR) is 97.9 cm³/mol. The molecule has 11 heteroatoms. The highest BCUT2D eigenvalue weighted by Gasteiger charge is 2.33. The van der Waals surface area contributed by atoms with Crippen molar-refractivity contribution in [2.24, 2.45) is 0 Å². The van der Waals surface area contributed by atoms with E-state index in [1.54, 1.807) is 37.3 Å². The van der Waals surface area contributed by atoms with E-state index in [0.717, 1.165) is 6.07 Å². The summed E-state index contributed by atoms with van der Waals surface area (Å²) in [6.45, 7) is 1.58. The molecule has 2 amide bonds. The summed E-state index contributed by atoms with van der Waals surface area (Å²) in [5, 5.41) is 13.6. The largest absolute Gasteiger partial charge is 0.416 e. The Bertz CT molecular complexity index is 904. The summed E-state index contributed by atoms with van der Waals surface area (Å²) in [5.74, 6) is -1.00. The number of nitrogens with zero attached hydrogens (tertiary/aromatic N) is 1. The highest BCUT2D eigenvalue weighted by atomic mass is 19.4. The van der Waals surface area contributed by atoms with Gasteiger partial charge in [0, 0.05) is 24.1 Å². The quantitative estimate of drug-likeness (QED) is 0.479. The first-order valence-electron chi connectivity index (χ1n) is 8.34. The van der Waals surface area contributed by atoms with Crippen LogP contribution in [0.3, 0.4) is 0 Å². The van der Waals surface area contributed by atoms with Crippen LogP contribution in [0.4, 0.5) is 24.5 Å². The Kier molecular flexibility index (Phi) is 6.75. The van der Waals surface area contributed by atoms with Crippen molar-refractivity contribution in [2.75, 3.05) is 5.43 Å². The lowest BCUT2D eigenvalue weighted by Crippen LogP contribution is -2.39. The predicted octanol–water partition coefficient (Wildman–Crippen LogP) is 3.27. The Labute approximate surface area is 163 Å². The van der Waals surface area contributed by atoms with Crippen molar-refractivity contribution in [3.8, 4) is 0 Å². The number of alkyl halides is 3. The lowest BCUT2D eigenvalue weighted by molar-refractivity contribution is -0.384. The van der Waals surface area contributed by atoms with Gasteiger partial charge >= 0.3 is 6.18 Å². The number of amides is 2. The van der Waals surface area contributed by atoms with E-state index in [9.17, 15) is 32.9 Å². The van der Waals surface area contributed by atoms with E-state index in [-0.39, 0.29) is 18.0 Å². The smallest absolute Gasteiger partial charge is 0.349 e. The van der Waals surface area contributed by atoms with Crippen LogP contribution in [0.5, 0.6) is 0 Å². The van der Waals surface area contributed by atoms with Crippen LogP contribution in [0.15, 0.2) is 48.5 Å². The van der Waals surface area contributed by atoms with Gasteiger partial charge in [-0.25, -0.2) is 0 Å². The normalized spacial score (nSPS) is 12.0. The average Bonchev–Trinajstić information content (AvgIpc) is 2.65. The summed E-state index contributed by atoms with van der Waals surface area (Å²) in [7, 11) is 0. The minimum absolute atomic E-state index is 0.167. The standard InChI is InChI=1S/C18H17F3N4O4/c1-11(22-17(27)12-5-3-2-4-6-12)9-16(26)24-23-14-8-7-13(18(19,20)21)10-15(14)25(28)29/h2-8,10-11,23H,9H2,1H3,(H,22,27)(H,24,26)/t11-/m0/s1. The number of hydrazine groups is 1. The molecule has 0 bridgehead atoms. The Morgan fingerprint density at radius 1 is 1.14 bits per heavy atom. The second-order valence-corrected chi connectivity index (χ2v) is 6.10. The Morgan fingerprint density at radius 3 is 2.38 bits per heavy atom. The number of hydrogen-bond acceptors (Lipinski definition) is 5. The van der Waals surface area contributed by atoms with Crippen molar-refractivity contribution in [1.82, 2.24) is 10.7 Å². The molecule has 1 atom stereocenters. The van der Waals surface area contributed by atoms with Crippen LogP contribution in [-0.2, 0) is 11.0 Å². The lowest BCUT2D eigenvalue weighted by Gasteiger charge is -2.15. The average molecular weight is 410 g/mol. The number of carbonyl (C=O) groups is 2. The first kappa shape index (κ1) is 21.7. The van der Waals surface area contributed by atoms with Gasteiger partial charge in [0.25, 0.3) is 11.6 Å². The topological polar surface area (TPSA) is 113 Å². The van der Waals surface area contributed by atoms with E-state index in [2.05, 4.69) is 16.2 Å². The summed E-state index contributed by atoms with van der Waals surface area (Å²) >= 11 is 0. The molecule has 0 radical (unpaired) electrons. The number of anilines is 1.